The average molecular weight is 522 g/mol. The number of hydrogen-bond donors (Lipinski definition) is 1. The second-order valence-electron chi connectivity index (χ2n) is 9.00. The van der Waals surface area contributed by atoms with Gasteiger partial charge in [0.05, 0.1) is 0 Å². The predicted molar refractivity (Wildman–Crippen MR) is 128 cm³/mol. The second kappa shape index (κ2) is 11.1. The van der Waals surface area contributed by atoms with Crippen LogP contribution in [0.15, 0.2) is 35.3 Å². The Bertz CT molecular complexity index is 963. The Hall–Kier alpha value is -1.24. The summed E-state index contributed by atoms with van der Waals surface area (Å²) in [4.78, 5) is 14.8. The molecule has 2 aromatic rings. The van der Waals surface area contributed by atoms with Gasteiger partial charge >= 0.3 is 42.6 Å². The molecule has 0 aliphatic heterocycles. The summed E-state index contributed by atoms with van der Waals surface area (Å²) in [6, 6.07) is 8.33. The average Bonchev–Trinajstić information content (AvgIpc) is 2.59. The van der Waals surface area contributed by atoms with E-state index in [0.717, 1.165) is 11.1 Å². The first-order valence-corrected chi connectivity index (χ1v) is 15.8. The van der Waals surface area contributed by atoms with Gasteiger partial charge in [0.15, 0.2) is 0 Å². The van der Waals surface area contributed by atoms with Crippen molar-refractivity contribution in [2.45, 2.75) is 52.4 Å². The maximum atomic E-state index is 10.9. The predicted octanol–water partition coefficient (Wildman–Crippen LogP) is 7.89. The molecule has 0 spiro atoms. The summed E-state index contributed by atoms with van der Waals surface area (Å²) in [6.07, 6.45) is 1.59. The molecule has 31 heavy (non-hydrogen) atoms. The van der Waals surface area contributed by atoms with E-state index in [1.807, 2.05) is 12.1 Å². The van der Waals surface area contributed by atoms with E-state index in [0.29, 0.717) is 16.8 Å². The molecule has 2 rings (SSSR count). The van der Waals surface area contributed by atoms with E-state index in [2.05, 4.69) is 53.5 Å². The zero-order chi connectivity index (χ0) is 24.1. The van der Waals surface area contributed by atoms with Gasteiger partial charge in [-0.1, -0.05) is 59.7 Å². The van der Waals surface area contributed by atoms with Gasteiger partial charge in [0, 0.05) is 22.3 Å². The molecule has 2 aromatic carbocycles. The number of aromatic hydroxyl groups is 1. The molecule has 0 unspecified atom stereocenters. The van der Waals surface area contributed by atoms with Gasteiger partial charge in [0.2, 0.25) is 5.69 Å². The molecular weight excluding hydrogens is 494 g/mol. The zero-order valence-corrected chi connectivity index (χ0v) is 22.3. The normalized spacial score (nSPS) is 11.8. The van der Waals surface area contributed by atoms with Crippen molar-refractivity contribution >= 4 is 45.5 Å². The molecule has 5 nitrogen and oxygen atoms in total. The third kappa shape index (κ3) is 8.66. The van der Waals surface area contributed by atoms with Crippen molar-refractivity contribution in [1.82, 2.24) is 0 Å². The number of rotatable bonds is 3. The van der Waals surface area contributed by atoms with Gasteiger partial charge in [0.25, 0.3) is 0 Å². The van der Waals surface area contributed by atoms with Crippen molar-refractivity contribution in [2.24, 2.45) is 4.99 Å². The molecular formula is C22H27Cl3N2O3Ti. The molecule has 0 radical (unpaired) electrons. The van der Waals surface area contributed by atoms with Crippen LogP contribution >= 0.6 is 27.9 Å². The van der Waals surface area contributed by atoms with Crippen LogP contribution in [-0.2, 0) is 25.5 Å². The summed E-state index contributed by atoms with van der Waals surface area (Å²) in [5.41, 5.74) is 3.23. The number of hydrogen-bond acceptors (Lipinski definition) is 4. The van der Waals surface area contributed by atoms with Crippen molar-refractivity contribution in [3.63, 3.8) is 0 Å². The Kier molecular flexibility index (Phi) is 9.92. The Morgan fingerprint density at radius 3 is 2.03 bits per heavy atom. The van der Waals surface area contributed by atoms with Gasteiger partial charge in [0.1, 0.15) is 5.75 Å². The zero-order valence-electron chi connectivity index (χ0n) is 18.5. The maximum absolute atomic E-state index is 10.9. The fourth-order valence-corrected chi connectivity index (χ4v) is 2.71. The number of non-ortho nitro benzene ring substituents is 1. The summed E-state index contributed by atoms with van der Waals surface area (Å²) in [6.45, 7) is 16.4. The SMILES string of the molecule is [CH2-]c1cc([N+](=O)[O-])ccc1N=Cc1cc(C(C)(C)C)cc(C(C)(C)C)c1O.[Cl][Ti+]([Cl])[Cl]. The Morgan fingerprint density at radius 1 is 1.06 bits per heavy atom. The van der Waals surface area contributed by atoms with E-state index in [-0.39, 0.29) is 22.3 Å². The molecule has 0 aromatic heterocycles. The van der Waals surface area contributed by atoms with Crippen LogP contribution in [0.25, 0.3) is 0 Å². The molecule has 9 heteroatoms. The van der Waals surface area contributed by atoms with Crippen molar-refractivity contribution in [3.8, 4) is 5.75 Å². The van der Waals surface area contributed by atoms with Crippen LogP contribution in [0, 0.1) is 17.0 Å². The first-order valence-electron chi connectivity index (χ1n) is 9.40. The van der Waals surface area contributed by atoms with Crippen molar-refractivity contribution < 1.29 is 24.7 Å². The number of phenols is 1. The molecule has 0 heterocycles. The first kappa shape index (κ1) is 27.8. The summed E-state index contributed by atoms with van der Waals surface area (Å²) in [7, 11) is 14.9. The summed E-state index contributed by atoms with van der Waals surface area (Å²) >= 11 is -1.92. The van der Waals surface area contributed by atoms with Gasteiger partial charge < -0.3 is 10.1 Å². The van der Waals surface area contributed by atoms with Crippen LogP contribution in [0.1, 0.15) is 63.8 Å². The topological polar surface area (TPSA) is 75.7 Å². The number of nitro benzene ring substituents is 1. The molecule has 0 aliphatic carbocycles. The van der Waals surface area contributed by atoms with E-state index in [4.69, 9.17) is 27.9 Å². The second-order valence-corrected chi connectivity index (χ2v) is 16.7. The van der Waals surface area contributed by atoms with E-state index in [9.17, 15) is 15.2 Å². The van der Waals surface area contributed by atoms with Gasteiger partial charge in [-0.15, -0.1) is 0 Å². The van der Waals surface area contributed by atoms with Crippen molar-refractivity contribution in [1.29, 1.82) is 0 Å². The van der Waals surface area contributed by atoms with E-state index in [1.165, 1.54) is 12.1 Å². The van der Waals surface area contributed by atoms with Crippen molar-refractivity contribution in [2.75, 3.05) is 0 Å². The molecule has 0 bridgehead atoms. The number of halogens is 3. The molecule has 0 amide bonds. The standard InChI is InChI=1S/C22H27N2O3.3ClH.Ti/c1-14-10-17(24(26)27)8-9-19(14)23-13-15-11-16(21(2,3)4)12-18(20(15)25)22(5,6)7;;;;/h8-13,25H,1H2,2-7H3;3*1H;/q-1;;;;+4/p-3. The molecule has 0 aliphatic rings. The fraction of sp³-hybridized carbons (Fsp3) is 0.364. The molecule has 0 fully saturated rings. The van der Waals surface area contributed by atoms with Crippen LogP contribution < -0.4 is 0 Å². The van der Waals surface area contributed by atoms with Gasteiger partial charge in [-0.2, -0.15) is 12.5 Å². The monoisotopic (exact) mass is 520 g/mol. The molecule has 1 N–H and O–H groups in total. The van der Waals surface area contributed by atoms with Crippen LogP contribution in [0.2, 0.25) is 0 Å². The van der Waals surface area contributed by atoms with E-state index >= 15 is 0 Å². The minimum absolute atomic E-state index is 0.0217. The number of benzene rings is 2. The van der Waals surface area contributed by atoms with Crippen LogP contribution in [0.4, 0.5) is 11.4 Å². The van der Waals surface area contributed by atoms with Gasteiger partial charge in [-0.3, -0.25) is 10.1 Å². The molecule has 0 atom stereocenters. The quantitative estimate of drug-likeness (QED) is 0.147. The third-order valence-electron chi connectivity index (χ3n) is 4.43. The van der Waals surface area contributed by atoms with Crippen LogP contribution in [-0.4, -0.2) is 16.2 Å². The summed E-state index contributed by atoms with van der Waals surface area (Å²) in [5.74, 6) is 0.201. The van der Waals surface area contributed by atoms with Crippen LogP contribution in [0.3, 0.4) is 0 Å². The van der Waals surface area contributed by atoms with Crippen LogP contribution in [0.5, 0.6) is 5.75 Å². The number of phenolic OH excluding ortho intramolecular Hbond substituents is 1. The minimum atomic E-state index is -1.92. The number of aliphatic imine (C=N–C) groups is 1. The summed E-state index contributed by atoms with van der Waals surface area (Å²) < 4.78 is 0. The molecule has 0 saturated carbocycles. The van der Waals surface area contributed by atoms with E-state index < -0.39 is 19.6 Å². The Morgan fingerprint density at radius 2 is 1.61 bits per heavy atom. The number of nitrogens with zero attached hydrogens (tertiary/aromatic N) is 2. The Balaban J connectivity index is 0.00000110. The molecule has 0 saturated heterocycles. The Labute approximate surface area is 202 Å². The van der Waals surface area contributed by atoms with Gasteiger partial charge in [-0.25, -0.2) is 0 Å². The molecule has 168 valence electrons. The van der Waals surface area contributed by atoms with Gasteiger partial charge in [-0.05, 0) is 34.2 Å². The summed E-state index contributed by atoms with van der Waals surface area (Å²) in [5, 5.41) is 21.6. The number of nitro groups is 1. The first-order chi connectivity index (χ1) is 14.0. The fourth-order valence-electron chi connectivity index (χ4n) is 2.71. The van der Waals surface area contributed by atoms with E-state index in [1.54, 1.807) is 12.3 Å². The van der Waals surface area contributed by atoms with Crippen molar-refractivity contribution in [3.05, 3.63) is 69.6 Å². The third-order valence-corrected chi connectivity index (χ3v) is 4.43.